The number of para-hydroxylation sites is 2. The average molecular weight is 354 g/mol. The molecule has 0 aromatic heterocycles. The maximum absolute atomic E-state index is 13.0. The van der Waals surface area contributed by atoms with Crippen molar-refractivity contribution >= 4 is 35.0 Å². The van der Waals surface area contributed by atoms with Crippen molar-refractivity contribution in [1.29, 1.82) is 0 Å². The normalized spacial score (nSPS) is 17.4. The maximum Gasteiger partial charge on any atom is 0.247 e. The number of nitrogens with two attached hydrogens (primary N) is 1. The second kappa shape index (κ2) is 7.31. The smallest absolute Gasteiger partial charge is 0.247 e. The van der Waals surface area contributed by atoms with Crippen molar-refractivity contribution in [2.45, 2.75) is 43.3 Å². The Kier molecular flexibility index (Phi) is 5.13. The molecule has 1 heterocycles. The highest BCUT2D eigenvalue weighted by Gasteiger charge is 2.41. The van der Waals surface area contributed by atoms with E-state index in [0.717, 1.165) is 34.6 Å². The van der Waals surface area contributed by atoms with E-state index in [1.54, 1.807) is 0 Å². The molecule has 1 fully saturated rings. The number of aryl methyl sites for hydroxylation is 2. The molecule has 1 aliphatic rings. The lowest BCUT2D eigenvalue weighted by atomic mass is 10.0. The van der Waals surface area contributed by atoms with Gasteiger partial charge in [-0.15, -0.1) is 11.8 Å². The predicted molar refractivity (Wildman–Crippen MR) is 103 cm³/mol. The van der Waals surface area contributed by atoms with E-state index < -0.39 is 5.25 Å². The van der Waals surface area contributed by atoms with Crippen LogP contribution in [-0.2, 0) is 22.4 Å². The average Bonchev–Trinajstić information content (AvgIpc) is 2.89. The Labute approximate surface area is 152 Å². The SMILES string of the molecule is CCc1cccc(CC)c1N1C(=O)C[C@@H](Sc2ccccc2N)C1=O. The number of nitrogen functional groups attached to an aromatic ring is 1. The summed E-state index contributed by atoms with van der Waals surface area (Å²) in [6, 6.07) is 13.4. The van der Waals surface area contributed by atoms with E-state index in [0.29, 0.717) is 5.69 Å². The molecule has 3 rings (SSSR count). The zero-order valence-corrected chi connectivity index (χ0v) is 15.3. The molecule has 25 heavy (non-hydrogen) atoms. The van der Waals surface area contributed by atoms with E-state index in [4.69, 9.17) is 5.73 Å². The predicted octanol–water partition coefficient (Wildman–Crippen LogP) is 3.82. The lowest BCUT2D eigenvalue weighted by molar-refractivity contribution is -0.121. The van der Waals surface area contributed by atoms with Crippen molar-refractivity contribution in [1.82, 2.24) is 0 Å². The number of benzene rings is 2. The Morgan fingerprint density at radius 1 is 1.04 bits per heavy atom. The molecular weight excluding hydrogens is 332 g/mol. The second-order valence-corrected chi connectivity index (χ2v) is 7.29. The summed E-state index contributed by atoms with van der Waals surface area (Å²) in [7, 11) is 0. The van der Waals surface area contributed by atoms with Crippen molar-refractivity contribution < 1.29 is 9.59 Å². The Hall–Kier alpha value is -2.27. The van der Waals surface area contributed by atoms with Crippen LogP contribution in [0.3, 0.4) is 0 Å². The van der Waals surface area contributed by atoms with Gasteiger partial charge in [0.05, 0.1) is 10.9 Å². The number of rotatable bonds is 5. The van der Waals surface area contributed by atoms with Gasteiger partial charge in [0, 0.05) is 17.0 Å². The number of amides is 2. The van der Waals surface area contributed by atoms with Crippen LogP contribution < -0.4 is 10.6 Å². The van der Waals surface area contributed by atoms with Crippen molar-refractivity contribution in [2.75, 3.05) is 10.6 Å². The fourth-order valence-electron chi connectivity index (χ4n) is 3.17. The number of carbonyl (C=O) groups excluding carboxylic acids is 2. The van der Waals surface area contributed by atoms with Gasteiger partial charge in [0.25, 0.3) is 0 Å². The van der Waals surface area contributed by atoms with Gasteiger partial charge in [0.15, 0.2) is 0 Å². The zero-order valence-electron chi connectivity index (χ0n) is 14.5. The van der Waals surface area contributed by atoms with Gasteiger partial charge in [-0.25, -0.2) is 4.90 Å². The zero-order chi connectivity index (χ0) is 18.0. The summed E-state index contributed by atoms with van der Waals surface area (Å²) in [4.78, 5) is 27.9. The summed E-state index contributed by atoms with van der Waals surface area (Å²) in [5.74, 6) is -0.276. The van der Waals surface area contributed by atoms with Gasteiger partial charge in [0.1, 0.15) is 0 Å². The van der Waals surface area contributed by atoms with Gasteiger partial charge >= 0.3 is 0 Å². The first-order valence-electron chi connectivity index (χ1n) is 8.55. The van der Waals surface area contributed by atoms with Crippen LogP contribution in [0, 0.1) is 0 Å². The van der Waals surface area contributed by atoms with E-state index in [1.165, 1.54) is 16.7 Å². The monoisotopic (exact) mass is 354 g/mol. The van der Waals surface area contributed by atoms with Crippen molar-refractivity contribution in [3.05, 3.63) is 53.6 Å². The first kappa shape index (κ1) is 17.5. The molecule has 130 valence electrons. The molecule has 1 atom stereocenters. The van der Waals surface area contributed by atoms with Gasteiger partial charge in [-0.1, -0.05) is 44.2 Å². The van der Waals surface area contributed by atoms with Gasteiger partial charge in [-0.2, -0.15) is 0 Å². The summed E-state index contributed by atoms with van der Waals surface area (Å²) < 4.78 is 0. The highest BCUT2D eigenvalue weighted by Crippen LogP contribution is 2.38. The molecule has 2 aromatic carbocycles. The minimum atomic E-state index is -0.424. The molecule has 0 spiro atoms. The Morgan fingerprint density at radius 2 is 1.68 bits per heavy atom. The number of thioether (sulfide) groups is 1. The van der Waals surface area contributed by atoms with E-state index in [-0.39, 0.29) is 18.2 Å². The summed E-state index contributed by atoms with van der Waals surface area (Å²) in [6.07, 6.45) is 1.77. The number of carbonyl (C=O) groups is 2. The third kappa shape index (κ3) is 3.29. The number of anilines is 2. The maximum atomic E-state index is 13.0. The molecule has 0 bridgehead atoms. The molecule has 2 N–H and O–H groups in total. The van der Waals surface area contributed by atoms with Crippen LogP contribution in [0.25, 0.3) is 0 Å². The van der Waals surface area contributed by atoms with Crippen molar-refractivity contribution in [2.24, 2.45) is 0 Å². The Bertz CT molecular complexity index is 797. The van der Waals surface area contributed by atoms with E-state index in [2.05, 4.69) is 0 Å². The van der Waals surface area contributed by atoms with Gasteiger partial charge < -0.3 is 5.73 Å². The van der Waals surface area contributed by atoms with Gasteiger partial charge in [0.2, 0.25) is 11.8 Å². The van der Waals surface area contributed by atoms with Crippen LogP contribution in [0.2, 0.25) is 0 Å². The highest BCUT2D eigenvalue weighted by atomic mass is 32.2. The molecule has 0 radical (unpaired) electrons. The van der Waals surface area contributed by atoms with Crippen LogP contribution >= 0.6 is 11.8 Å². The number of hydrogen-bond donors (Lipinski definition) is 1. The third-order valence-electron chi connectivity index (χ3n) is 4.48. The molecule has 1 saturated heterocycles. The van der Waals surface area contributed by atoms with Gasteiger partial charge in [-0.3, -0.25) is 9.59 Å². The lowest BCUT2D eigenvalue weighted by Crippen LogP contribution is -2.32. The number of hydrogen-bond acceptors (Lipinski definition) is 4. The second-order valence-electron chi connectivity index (χ2n) is 6.05. The Morgan fingerprint density at radius 3 is 2.28 bits per heavy atom. The third-order valence-corrected chi connectivity index (χ3v) is 5.76. The molecule has 0 unspecified atom stereocenters. The van der Waals surface area contributed by atoms with Crippen molar-refractivity contribution in [3.63, 3.8) is 0 Å². The fourth-order valence-corrected chi connectivity index (χ4v) is 4.27. The van der Waals surface area contributed by atoms with E-state index in [9.17, 15) is 9.59 Å². The van der Waals surface area contributed by atoms with Crippen LogP contribution in [-0.4, -0.2) is 17.1 Å². The molecule has 1 aliphatic heterocycles. The highest BCUT2D eigenvalue weighted by molar-refractivity contribution is 8.00. The fraction of sp³-hybridized carbons (Fsp3) is 0.300. The quantitative estimate of drug-likeness (QED) is 0.655. The number of nitrogens with zero attached hydrogens (tertiary/aromatic N) is 1. The molecule has 2 aromatic rings. The molecular formula is C20H22N2O2S. The lowest BCUT2D eigenvalue weighted by Gasteiger charge is -2.22. The minimum absolute atomic E-state index is 0.132. The molecule has 0 saturated carbocycles. The van der Waals surface area contributed by atoms with Crippen LogP contribution in [0.4, 0.5) is 11.4 Å². The molecule has 0 aliphatic carbocycles. The standard InChI is InChI=1S/C20H22N2O2S/c1-3-13-8-7-9-14(4-2)19(13)22-18(23)12-17(20(22)24)25-16-11-6-5-10-15(16)21/h5-11,17H,3-4,12,21H2,1-2H3/t17-/m1/s1. The van der Waals surface area contributed by atoms with Crippen molar-refractivity contribution in [3.8, 4) is 0 Å². The molecule has 4 nitrogen and oxygen atoms in total. The van der Waals surface area contributed by atoms with Crippen LogP contribution in [0.15, 0.2) is 47.4 Å². The summed E-state index contributed by atoms with van der Waals surface area (Å²) in [5, 5.41) is -0.424. The summed E-state index contributed by atoms with van der Waals surface area (Å²) >= 11 is 1.38. The Balaban J connectivity index is 1.94. The number of imide groups is 1. The van der Waals surface area contributed by atoms with Crippen LogP contribution in [0.5, 0.6) is 0 Å². The van der Waals surface area contributed by atoms with E-state index >= 15 is 0 Å². The molecule has 5 heteroatoms. The summed E-state index contributed by atoms with van der Waals surface area (Å²) in [5.41, 5.74) is 9.47. The minimum Gasteiger partial charge on any atom is -0.398 e. The van der Waals surface area contributed by atoms with Gasteiger partial charge in [-0.05, 0) is 36.1 Å². The first-order valence-corrected chi connectivity index (χ1v) is 9.43. The summed E-state index contributed by atoms with van der Waals surface area (Å²) in [6.45, 7) is 4.08. The van der Waals surface area contributed by atoms with E-state index in [1.807, 2.05) is 56.3 Å². The molecule has 2 amide bonds. The van der Waals surface area contributed by atoms with Crippen LogP contribution in [0.1, 0.15) is 31.4 Å². The largest absolute Gasteiger partial charge is 0.398 e. The topological polar surface area (TPSA) is 63.4 Å². The first-order chi connectivity index (χ1) is 12.1.